The predicted molar refractivity (Wildman–Crippen MR) is 140 cm³/mol. The molecule has 3 atom stereocenters. The van der Waals surface area contributed by atoms with Gasteiger partial charge in [0.2, 0.25) is 11.8 Å². The Bertz CT molecular complexity index is 832. The number of piperidine rings is 1. The summed E-state index contributed by atoms with van der Waals surface area (Å²) in [6.45, 7) is 18.2. The fraction of sp³-hybridized carbons (Fsp3) is 0.750. The van der Waals surface area contributed by atoms with Crippen molar-refractivity contribution in [2.24, 2.45) is 11.3 Å². The topological polar surface area (TPSA) is 79.0 Å². The van der Waals surface area contributed by atoms with E-state index in [1.807, 2.05) is 48.5 Å². The van der Waals surface area contributed by atoms with Gasteiger partial charge in [0.05, 0.1) is 24.2 Å². The van der Waals surface area contributed by atoms with E-state index in [2.05, 4.69) is 16.1 Å². The van der Waals surface area contributed by atoms with Crippen LogP contribution in [0.1, 0.15) is 81.6 Å². The van der Waals surface area contributed by atoms with Crippen LogP contribution in [0.2, 0.25) is 0 Å². The van der Waals surface area contributed by atoms with Crippen molar-refractivity contribution in [1.29, 1.82) is 0 Å². The first-order chi connectivity index (χ1) is 16.1. The molecule has 1 N–H and O–H groups in total. The lowest BCUT2D eigenvalue weighted by molar-refractivity contribution is -0.142. The van der Waals surface area contributed by atoms with Gasteiger partial charge in [-0.15, -0.1) is 6.42 Å². The quantitative estimate of drug-likeness (QED) is 0.303. The predicted octanol–water partition coefficient (Wildman–Crippen LogP) is 3.78. The monoisotopic (exact) mass is 489 g/mol. The fourth-order valence-electron chi connectivity index (χ4n) is 4.51. The number of amides is 2. The van der Waals surface area contributed by atoms with Crippen LogP contribution in [0.4, 0.5) is 0 Å². The van der Waals surface area contributed by atoms with Crippen LogP contribution in [0.3, 0.4) is 0 Å². The fourth-order valence-corrected chi connectivity index (χ4v) is 4.51. The lowest BCUT2D eigenvalue weighted by atomic mass is 9.84. The number of terminal acetylenes is 1. The van der Waals surface area contributed by atoms with Crippen LogP contribution >= 0.6 is 0 Å². The summed E-state index contributed by atoms with van der Waals surface area (Å²) < 4.78 is 5.11. The van der Waals surface area contributed by atoms with Crippen LogP contribution in [0.5, 0.6) is 0 Å². The van der Waals surface area contributed by atoms with Crippen LogP contribution in [0.25, 0.3) is 0 Å². The number of carbonyl (C=O) groups excluding carboxylic acids is 3. The molecule has 1 fully saturated rings. The number of esters is 1. The average Bonchev–Trinajstić information content (AvgIpc) is 2.78. The zero-order chi connectivity index (χ0) is 27.1. The number of carbonyl (C=O) groups is 3. The second-order valence-corrected chi connectivity index (χ2v) is 11.5. The molecule has 1 aliphatic rings. The van der Waals surface area contributed by atoms with E-state index in [-0.39, 0.29) is 36.4 Å². The lowest BCUT2D eigenvalue weighted by Gasteiger charge is -2.44. The van der Waals surface area contributed by atoms with Crippen LogP contribution < -0.4 is 5.32 Å². The molecule has 0 aromatic rings. The molecule has 1 saturated heterocycles. The van der Waals surface area contributed by atoms with Crippen LogP contribution in [-0.2, 0) is 19.1 Å². The molecule has 35 heavy (non-hydrogen) atoms. The highest BCUT2D eigenvalue weighted by molar-refractivity contribution is 5.91. The van der Waals surface area contributed by atoms with E-state index in [1.165, 1.54) is 0 Å². The van der Waals surface area contributed by atoms with Gasteiger partial charge in [-0.25, -0.2) is 4.79 Å². The van der Waals surface area contributed by atoms with E-state index >= 15 is 0 Å². The molecule has 0 aliphatic carbocycles. The molecule has 0 saturated carbocycles. The van der Waals surface area contributed by atoms with Crippen molar-refractivity contribution in [3.63, 3.8) is 0 Å². The van der Waals surface area contributed by atoms with E-state index in [1.54, 1.807) is 31.9 Å². The molecule has 1 aliphatic heterocycles. The number of likely N-dealkylation sites (tertiary alicyclic amines) is 1. The van der Waals surface area contributed by atoms with Crippen molar-refractivity contribution in [2.45, 2.75) is 105 Å². The minimum Gasteiger partial charge on any atom is -0.463 e. The van der Waals surface area contributed by atoms with Gasteiger partial charge in [-0.2, -0.15) is 0 Å². The molecular weight excluding hydrogens is 442 g/mol. The Kier molecular flexibility index (Phi) is 11.0. The first kappa shape index (κ1) is 30.7. The number of hydrogen-bond acceptors (Lipinski definition) is 5. The van der Waals surface area contributed by atoms with Crippen LogP contribution in [0, 0.1) is 23.7 Å². The smallest absolute Gasteiger partial charge is 0.333 e. The summed E-state index contributed by atoms with van der Waals surface area (Å²) in [6, 6.07) is -1.46. The molecule has 0 radical (unpaired) electrons. The standard InChI is InChI=1S/C28H47N3O4/c1-12-28(9,10)31-17-15-14-16-21(31)24(32)29-23(27(6,7)8)25(33)30(11)22(19(3)4)18-20(5)26(34)35-13-2/h1,18-19,21-23H,13-17H2,2-11H3,(H,29,32)/b20-18+/t21?,22-,23?/m1/s1. The third-order valence-electron chi connectivity index (χ3n) is 6.77. The Balaban J connectivity index is 3.23. The maximum absolute atomic E-state index is 13.8. The van der Waals surface area contributed by atoms with Gasteiger partial charge >= 0.3 is 5.97 Å². The second-order valence-electron chi connectivity index (χ2n) is 11.5. The molecule has 0 spiro atoms. The molecule has 0 aromatic heterocycles. The molecule has 198 valence electrons. The van der Waals surface area contributed by atoms with Crippen molar-refractivity contribution in [3.8, 4) is 12.3 Å². The van der Waals surface area contributed by atoms with Crippen molar-refractivity contribution < 1.29 is 19.1 Å². The van der Waals surface area contributed by atoms with E-state index in [0.29, 0.717) is 12.0 Å². The summed E-state index contributed by atoms with van der Waals surface area (Å²) in [7, 11) is 1.72. The zero-order valence-corrected chi connectivity index (χ0v) is 23.5. The van der Waals surface area contributed by atoms with Gasteiger partial charge in [0.25, 0.3) is 0 Å². The molecule has 1 heterocycles. The summed E-state index contributed by atoms with van der Waals surface area (Å²) in [5, 5.41) is 3.07. The van der Waals surface area contributed by atoms with Gasteiger partial charge in [0.1, 0.15) is 6.04 Å². The van der Waals surface area contributed by atoms with Gasteiger partial charge in [0.15, 0.2) is 0 Å². The van der Waals surface area contributed by atoms with Gasteiger partial charge in [-0.1, -0.05) is 53.0 Å². The lowest BCUT2D eigenvalue weighted by Crippen LogP contribution is -2.62. The maximum atomic E-state index is 13.8. The normalized spacial score (nSPS) is 19.5. The summed E-state index contributed by atoms with van der Waals surface area (Å²) in [6.07, 6.45) is 10.2. The third-order valence-corrected chi connectivity index (χ3v) is 6.77. The highest BCUT2D eigenvalue weighted by Gasteiger charge is 2.41. The van der Waals surface area contributed by atoms with Crippen LogP contribution in [-0.4, -0.2) is 71.4 Å². The summed E-state index contributed by atoms with van der Waals surface area (Å²) >= 11 is 0. The molecule has 2 unspecified atom stereocenters. The van der Waals surface area contributed by atoms with Gasteiger partial charge in [0, 0.05) is 19.2 Å². The summed E-state index contributed by atoms with van der Waals surface area (Å²) in [5.74, 6) is 2.10. The van der Waals surface area contributed by atoms with Crippen molar-refractivity contribution in [1.82, 2.24) is 15.1 Å². The Morgan fingerprint density at radius 3 is 2.29 bits per heavy atom. The summed E-state index contributed by atoms with van der Waals surface area (Å²) in [5.41, 5.74) is -0.627. The van der Waals surface area contributed by atoms with E-state index in [0.717, 1.165) is 19.4 Å². The molecule has 0 aromatic carbocycles. The van der Waals surface area contributed by atoms with Gasteiger partial charge in [-0.3, -0.25) is 14.5 Å². The number of nitrogens with one attached hydrogen (secondary N) is 1. The Morgan fingerprint density at radius 1 is 1.20 bits per heavy atom. The van der Waals surface area contributed by atoms with Gasteiger partial charge < -0.3 is 15.0 Å². The molecule has 0 bridgehead atoms. The Hall–Kier alpha value is -2.33. The molecular formula is C28H47N3O4. The van der Waals surface area contributed by atoms with Crippen molar-refractivity contribution in [3.05, 3.63) is 11.6 Å². The van der Waals surface area contributed by atoms with Crippen molar-refractivity contribution in [2.75, 3.05) is 20.2 Å². The van der Waals surface area contributed by atoms with E-state index in [9.17, 15) is 14.4 Å². The molecule has 7 nitrogen and oxygen atoms in total. The largest absolute Gasteiger partial charge is 0.463 e. The minimum atomic E-state index is -0.740. The number of likely N-dealkylation sites (N-methyl/N-ethyl adjacent to an activating group) is 1. The number of rotatable bonds is 9. The number of nitrogens with zero attached hydrogens (tertiary/aromatic N) is 2. The number of hydrogen-bond donors (Lipinski definition) is 1. The molecule has 7 heteroatoms. The zero-order valence-electron chi connectivity index (χ0n) is 23.5. The third kappa shape index (κ3) is 8.10. The highest BCUT2D eigenvalue weighted by atomic mass is 16.5. The first-order valence-electron chi connectivity index (χ1n) is 12.8. The Labute approximate surface area is 213 Å². The molecule has 1 rings (SSSR count). The van der Waals surface area contributed by atoms with Crippen LogP contribution in [0.15, 0.2) is 11.6 Å². The van der Waals surface area contributed by atoms with Crippen molar-refractivity contribution >= 4 is 17.8 Å². The van der Waals surface area contributed by atoms with E-state index in [4.69, 9.17) is 11.2 Å². The molecule has 2 amide bonds. The number of ether oxygens (including phenoxy) is 1. The summed E-state index contributed by atoms with van der Waals surface area (Å²) in [4.78, 5) is 43.2. The Morgan fingerprint density at radius 2 is 1.80 bits per heavy atom. The average molecular weight is 490 g/mol. The SMILES string of the molecule is C#CC(C)(C)N1CCCCC1C(=O)NC(C(=O)N(C)[C@H](/C=C(\C)C(=O)OCC)C(C)C)C(C)(C)C. The van der Waals surface area contributed by atoms with E-state index < -0.39 is 23.0 Å². The first-order valence-corrected chi connectivity index (χ1v) is 12.8. The highest BCUT2D eigenvalue weighted by Crippen LogP contribution is 2.28. The second kappa shape index (κ2) is 12.6. The minimum absolute atomic E-state index is 0.0508. The van der Waals surface area contributed by atoms with Gasteiger partial charge in [-0.05, 0) is 51.9 Å². The maximum Gasteiger partial charge on any atom is 0.333 e.